The fourth-order valence-corrected chi connectivity index (χ4v) is 2.12. The van der Waals surface area contributed by atoms with Crippen LogP contribution in [0.15, 0.2) is 24.3 Å². The van der Waals surface area contributed by atoms with E-state index in [1.807, 2.05) is 5.32 Å². The molecule has 124 valence electrons. The summed E-state index contributed by atoms with van der Waals surface area (Å²) in [7, 11) is 0. The van der Waals surface area contributed by atoms with Crippen molar-refractivity contribution in [3.63, 3.8) is 0 Å². The SMILES string of the molecule is CC(C)C(OC(=O)/C=C/c1ccc(Cl)cc1Cl)C(=O)NC(N)=O. The van der Waals surface area contributed by atoms with Gasteiger partial charge in [-0.1, -0.05) is 43.1 Å². The van der Waals surface area contributed by atoms with Gasteiger partial charge in [-0.2, -0.15) is 0 Å². The smallest absolute Gasteiger partial charge is 0.331 e. The van der Waals surface area contributed by atoms with Crippen LogP contribution in [0.2, 0.25) is 10.0 Å². The maximum absolute atomic E-state index is 11.8. The van der Waals surface area contributed by atoms with Crippen molar-refractivity contribution in [2.75, 3.05) is 0 Å². The van der Waals surface area contributed by atoms with Gasteiger partial charge >= 0.3 is 12.0 Å². The minimum atomic E-state index is -1.14. The topological polar surface area (TPSA) is 98.5 Å². The van der Waals surface area contributed by atoms with E-state index >= 15 is 0 Å². The van der Waals surface area contributed by atoms with E-state index in [9.17, 15) is 14.4 Å². The highest BCUT2D eigenvalue weighted by Crippen LogP contribution is 2.22. The Balaban J connectivity index is 2.77. The molecule has 1 aromatic rings. The zero-order chi connectivity index (χ0) is 17.6. The quantitative estimate of drug-likeness (QED) is 0.624. The summed E-state index contributed by atoms with van der Waals surface area (Å²) in [6, 6.07) is 3.77. The molecule has 3 N–H and O–H groups in total. The summed E-state index contributed by atoms with van der Waals surface area (Å²) >= 11 is 11.8. The number of urea groups is 1. The third-order valence-electron chi connectivity index (χ3n) is 2.71. The first kappa shape index (κ1) is 19.0. The molecule has 0 spiro atoms. The van der Waals surface area contributed by atoms with Crippen molar-refractivity contribution >= 4 is 47.2 Å². The molecule has 6 nitrogen and oxygen atoms in total. The first-order valence-corrected chi connectivity index (χ1v) is 7.40. The molecule has 1 atom stereocenters. The third kappa shape index (κ3) is 6.30. The van der Waals surface area contributed by atoms with Crippen LogP contribution in [0.5, 0.6) is 0 Å². The van der Waals surface area contributed by atoms with E-state index in [1.54, 1.807) is 26.0 Å². The van der Waals surface area contributed by atoms with E-state index < -0.39 is 24.0 Å². The lowest BCUT2D eigenvalue weighted by atomic mass is 10.1. The Bertz CT molecular complexity index is 644. The maximum Gasteiger partial charge on any atom is 0.331 e. The zero-order valence-electron chi connectivity index (χ0n) is 12.5. The number of benzene rings is 1. The lowest BCUT2D eigenvalue weighted by Gasteiger charge is -2.18. The highest BCUT2D eigenvalue weighted by atomic mass is 35.5. The summed E-state index contributed by atoms with van der Waals surface area (Å²) in [4.78, 5) is 34.3. The number of halogens is 2. The number of carbonyl (C=O) groups is 3. The molecule has 8 heteroatoms. The Labute approximate surface area is 143 Å². The third-order valence-corrected chi connectivity index (χ3v) is 3.28. The van der Waals surface area contributed by atoms with E-state index in [0.717, 1.165) is 6.08 Å². The Hall–Kier alpha value is -2.05. The Morgan fingerprint density at radius 1 is 1.26 bits per heavy atom. The van der Waals surface area contributed by atoms with Crippen LogP contribution in [0.3, 0.4) is 0 Å². The van der Waals surface area contributed by atoms with Crippen molar-refractivity contribution < 1.29 is 19.1 Å². The number of ether oxygens (including phenoxy) is 1. The van der Waals surface area contributed by atoms with E-state index in [1.165, 1.54) is 12.1 Å². The normalized spacial score (nSPS) is 12.2. The van der Waals surface area contributed by atoms with Crippen LogP contribution in [0.1, 0.15) is 19.4 Å². The maximum atomic E-state index is 11.8. The van der Waals surface area contributed by atoms with Crippen molar-refractivity contribution in [1.82, 2.24) is 5.32 Å². The number of nitrogens with two attached hydrogens (primary N) is 1. The molecule has 1 unspecified atom stereocenters. The predicted octanol–water partition coefficient (Wildman–Crippen LogP) is 2.77. The summed E-state index contributed by atoms with van der Waals surface area (Å²) in [5.74, 6) is -1.88. The van der Waals surface area contributed by atoms with E-state index in [-0.39, 0.29) is 5.92 Å². The number of imide groups is 1. The molecule has 0 heterocycles. The predicted molar refractivity (Wildman–Crippen MR) is 87.9 cm³/mol. The van der Waals surface area contributed by atoms with Crippen molar-refractivity contribution in [2.45, 2.75) is 20.0 Å². The van der Waals surface area contributed by atoms with E-state index in [0.29, 0.717) is 15.6 Å². The molecule has 0 aromatic heterocycles. The molecule has 1 aromatic carbocycles. The van der Waals surface area contributed by atoms with Crippen LogP contribution in [0.4, 0.5) is 4.79 Å². The highest BCUT2D eigenvalue weighted by molar-refractivity contribution is 6.35. The number of hydrogen-bond acceptors (Lipinski definition) is 4. The van der Waals surface area contributed by atoms with Crippen LogP contribution >= 0.6 is 23.2 Å². The average molecular weight is 359 g/mol. The molecule has 3 amide bonds. The number of carbonyl (C=O) groups excluding carboxylic acids is 3. The van der Waals surface area contributed by atoms with Crippen LogP contribution < -0.4 is 11.1 Å². The van der Waals surface area contributed by atoms with E-state index in [4.69, 9.17) is 33.7 Å². The molecule has 23 heavy (non-hydrogen) atoms. The summed E-state index contributed by atoms with van der Waals surface area (Å²) in [6.45, 7) is 3.33. The summed E-state index contributed by atoms with van der Waals surface area (Å²) < 4.78 is 5.05. The van der Waals surface area contributed by atoms with Gasteiger partial charge in [0.25, 0.3) is 5.91 Å². The fourth-order valence-electron chi connectivity index (χ4n) is 1.64. The minimum Gasteiger partial charge on any atom is -0.449 e. The van der Waals surface area contributed by atoms with Gasteiger partial charge in [0.1, 0.15) is 0 Å². The Morgan fingerprint density at radius 2 is 1.91 bits per heavy atom. The molecule has 0 aliphatic heterocycles. The molecule has 0 aliphatic rings. The second-order valence-electron chi connectivity index (χ2n) is 4.95. The second-order valence-corrected chi connectivity index (χ2v) is 5.80. The molecular weight excluding hydrogens is 343 g/mol. The van der Waals surface area contributed by atoms with Crippen LogP contribution in [0, 0.1) is 5.92 Å². The number of primary amides is 1. The average Bonchev–Trinajstić information content (AvgIpc) is 2.42. The van der Waals surface area contributed by atoms with Gasteiger partial charge in [0.2, 0.25) is 0 Å². The van der Waals surface area contributed by atoms with Gasteiger partial charge in [0.05, 0.1) is 0 Å². The zero-order valence-corrected chi connectivity index (χ0v) is 14.0. The van der Waals surface area contributed by atoms with Crippen molar-refractivity contribution in [1.29, 1.82) is 0 Å². The van der Waals surface area contributed by atoms with Gasteiger partial charge < -0.3 is 10.5 Å². The standard InChI is InChI=1S/C15H16Cl2N2O4/c1-8(2)13(14(21)19-15(18)22)23-12(20)6-4-9-3-5-10(16)7-11(9)17/h3-8,13H,1-2H3,(H3,18,19,21,22)/b6-4+. The largest absolute Gasteiger partial charge is 0.449 e. The molecule has 0 saturated heterocycles. The highest BCUT2D eigenvalue weighted by Gasteiger charge is 2.26. The molecule has 0 saturated carbocycles. The Morgan fingerprint density at radius 3 is 2.43 bits per heavy atom. The number of amides is 3. The van der Waals surface area contributed by atoms with Gasteiger partial charge in [-0.15, -0.1) is 0 Å². The van der Waals surface area contributed by atoms with Gasteiger partial charge in [-0.3, -0.25) is 10.1 Å². The minimum absolute atomic E-state index is 0.342. The van der Waals surface area contributed by atoms with Crippen molar-refractivity contribution in [2.24, 2.45) is 11.7 Å². The molecule has 0 fully saturated rings. The van der Waals surface area contributed by atoms with Gasteiger partial charge in [-0.25, -0.2) is 9.59 Å². The second kappa shape index (κ2) is 8.55. The molecule has 0 aliphatic carbocycles. The van der Waals surface area contributed by atoms with E-state index in [2.05, 4.69) is 0 Å². The fraction of sp³-hybridized carbons (Fsp3) is 0.267. The molecular formula is C15H16Cl2N2O4. The summed E-state index contributed by atoms with van der Waals surface area (Å²) in [6.07, 6.45) is 1.42. The summed E-state index contributed by atoms with van der Waals surface area (Å²) in [5, 5.41) is 2.72. The van der Waals surface area contributed by atoms with Crippen LogP contribution in [-0.4, -0.2) is 24.0 Å². The number of esters is 1. The van der Waals surface area contributed by atoms with Crippen molar-refractivity contribution in [3.8, 4) is 0 Å². The lowest BCUT2D eigenvalue weighted by molar-refractivity contribution is -0.153. The van der Waals surface area contributed by atoms with Gasteiger partial charge in [-0.05, 0) is 29.7 Å². The monoisotopic (exact) mass is 358 g/mol. The number of nitrogens with one attached hydrogen (secondary N) is 1. The summed E-state index contributed by atoms with van der Waals surface area (Å²) in [5.41, 5.74) is 5.44. The lowest BCUT2D eigenvalue weighted by Crippen LogP contribution is -2.45. The first-order valence-electron chi connectivity index (χ1n) is 6.64. The van der Waals surface area contributed by atoms with Crippen molar-refractivity contribution in [3.05, 3.63) is 39.9 Å². The van der Waals surface area contributed by atoms with Crippen LogP contribution in [-0.2, 0) is 14.3 Å². The Kier molecular flexibility index (Phi) is 7.06. The number of rotatable bonds is 5. The first-order chi connectivity index (χ1) is 10.7. The molecule has 0 radical (unpaired) electrons. The number of hydrogen-bond donors (Lipinski definition) is 2. The van der Waals surface area contributed by atoms with Gasteiger partial charge in [0, 0.05) is 16.1 Å². The van der Waals surface area contributed by atoms with Gasteiger partial charge in [0.15, 0.2) is 6.10 Å². The molecule has 0 bridgehead atoms. The van der Waals surface area contributed by atoms with Crippen LogP contribution in [0.25, 0.3) is 6.08 Å². The molecule has 1 rings (SSSR count).